The molecule has 2 aromatic carbocycles. The molecule has 0 atom stereocenters. The Labute approximate surface area is 154 Å². The summed E-state index contributed by atoms with van der Waals surface area (Å²) < 4.78 is 15.9. The van der Waals surface area contributed by atoms with Crippen LogP contribution in [-0.4, -0.2) is 45.7 Å². The molecule has 2 aromatic rings. The number of hydrogen-bond acceptors (Lipinski definition) is 5. The minimum atomic E-state index is -0.102. The van der Waals surface area contributed by atoms with Crippen molar-refractivity contribution >= 4 is 11.6 Å². The van der Waals surface area contributed by atoms with Crippen LogP contribution in [0.2, 0.25) is 0 Å². The molecule has 140 valence electrons. The van der Waals surface area contributed by atoms with Gasteiger partial charge in [0.05, 0.1) is 33.6 Å². The highest BCUT2D eigenvalue weighted by Gasteiger charge is 2.13. The van der Waals surface area contributed by atoms with Gasteiger partial charge in [0.15, 0.2) is 11.5 Å². The first-order valence-corrected chi connectivity index (χ1v) is 8.31. The predicted molar refractivity (Wildman–Crippen MR) is 102 cm³/mol. The number of amides is 1. The van der Waals surface area contributed by atoms with Gasteiger partial charge in [-0.3, -0.25) is 9.69 Å². The van der Waals surface area contributed by atoms with Crippen molar-refractivity contribution in [2.45, 2.75) is 13.5 Å². The number of aryl methyl sites for hydroxylation is 1. The Kier molecular flexibility index (Phi) is 6.86. The Bertz CT molecular complexity index is 761. The number of ether oxygens (including phenoxy) is 3. The predicted octanol–water partition coefficient (Wildman–Crippen LogP) is 3.09. The van der Waals surface area contributed by atoms with Crippen LogP contribution < -0.4 is 19.5 Å². The number of rotatable bonds is 8. The lowest BCUT2D eigenvalue weighted by molar-refractivity contribution is -0.117. The van der Waals surface area contributed by atoms with Crippen molar-refractivity contribution in [3.63, 3.8) is 0 Å². The number of methoxy groups -OCH3 is 3. The Balaban J connectivity index is 2.02. The number of hydrogen-bond donors (Lipinski definition) is 1. The van der Waals surface area contributed by atoms with E-state index in [1.165, 1.54) is 0 Å². The van der Waals surface area contributed by atoms with Gasteiger partial charge in [-0.1, -0.05) is 12.1 Å². The van der Waals surface area contributed by atoms with Gasteiger partial charge < -0.3 is 19.5 Å². The first-order chi connectivity index (χ1) is 12.5. The highest BCUT2D eigenvalue weighted by Crippen LogP contribution is 2.30. The van der Waals surface area contributed by atoms with Gasteiger partial charge in [-0.2, -0.15) is 0 Å². The van der Waals surface area contributed by atoms with Crippen molar-refractivity contribution in [3.05, 3.63) is 47.5 Å². The third kappa shape index (κ3) is 4.89. The summed E-state index contributed by atoms with van der Waals surface area (Å²) in [6, 6.07) is 11.2. The molecule has 0 radical (unpaired) electrons. The average Bonchev–Trinajstić information content (AvgIpc) is 2.63. The van der Waals surface area contributed by atoms with Crippen LogP contribution >= 0.6 is 0 Å². The summed E-state index contributed by atoms with van der Waals surface area (Å²) in [6.45, 7) is 2.89. The van der Waals surface area contributed by atoms with Crippen molar-refractivity contribution < 1.29 is 19.0 Å². The molecular formula is C20H26N2O4. The summed E-state index contributed by atoms with van der Waals surface area (Å²) in [4.78, 5) is 14.3. The van der Waals surface area contributed by atoms with Gasteiger partial charge in [0.25, 0.3) is 0 Å². The van der Waals surface area contributed by atoms with E-state index in [4.69, 9.17) is 14.2 Å². The van der Waals surface area contributed by atoms with E-state index in [0.717, 1.165) is 11.1 Å². The summed E-state index contributed by atoms with van der Waals surface area (Å²) in [7, 11) is 6.71. The maximum atomic E-state index is 12.3. The van der Waals surface area contributed by atoms with E-state index in [2.05, 4.69) is 5.32 Å². The van der Waals surface area contributed by atoms with Gasteiger partial charge in [-0.05, 0) is 49.4 Å². The SMILES string of the molecule is COc1ccccc1NC(=O)CN(C)Cc1cc(OC)c(OC)cc1C. The van der Waals surface area contributed by atoms with Crippen LogP contribution in [0.4, 0.5) is 5.69 Å². The molecule has 0 unspecified atom stereocenters. The zero-order chi connectivity index (χ0) is 19.1. The Morgan fingerprint density at radius 3 is 2.27 bits per heavy atom. The van der Waals surface area contributed by atoms with Crippen molar-refractivity contribution in [1.82, 2.24) is 4.90 Å². The molecule has 0 saturated heterocycles. The van der Waals surface area contributed by atoms with Crippen molar-refractivity contribution in [2.24, 2.45) is 0 Å². The van der Waals surface area contributed by atoms with Crippen LogP contribution in [0, 0.1) is 6.92 Å². The molecular weight excluding hydrogens is 332 g/mol. The first kappa shape index (κ1) is 19.6. The lowest BCUT2D eigenvalue weighted by Crippen LogP contribution is -2.30. The van der Waals surface area contributed by atoms with E-state index < -0.39 is 0 Å². The van der Waals surface area contributed by atoms with Crippen molar-refractivity contribution in [2.75, 3.05) is 40.2 Å². The topological polar surface area (TPSA) is 60.0 Å². The van der Waals surface area contributed by atoms with Gasteiger partial charge in [-0.15, -0.1) is 0 Å². The normalized spacial score (nSPS) is 10.5. The summed E-state index contributed by atoms with van der Waals surface area (Å²) in [5, 5.41) is 2.88. The molecule has 1 N–H and O–H groups in total. The number of carbonyl (C=O) groups excluding carboxylic acids is 1. The highest BCUT2D eigenvalue weighted by atomic mass is 16.5. The molecule has 0 spiro atoms. The standard InChI is InChI=1S/C20H26N2O4/c1-14-10-18(25-4)19(26-5)11-15(14)12-22(2)13-20(23)21-16-8-6-7-9-17(16)24-3/h6-11H,12-13H2,1-5H3,(H,21,23). The smallest absolute Gasteiger partial charge is 0.238 e. The van der Waals surface area contributed by atoms with Gasteiger partial charge in [0, 0.05) is 6.54 Å². The molecule has 0 aliphatic rings. The maximum Gasteiger partial charge on any atom is 0.238 e. The molecule has 6 nitrogen and oxygen atoms in total. The Morgan fingerprint density at radius 1 is 1.00 bits per heavy atom. The fraction of sp³-hybridized carbons (Fsp3) is 0.350. The van der Waals surface area contributed by atoms with E-state index in [1.807, 2.05) is 55.3 Å². The number of likely N-dealkylation sites (N-methyl/N-ethyl adjacent to an activating group) is 1. The summed E-state index contributed by atoms with van der Waals surface area (Å²) >= 11 is 0. The second kappa shape index (κ2) is 9.10. The van der Waals surface area contributed by atoms with Crippen LogP contribution in [0.3, 0.4) is 0 Å². The zero-order valence-electron chi connectivity index (χ0n) is 16.0. The van der Waals surface area contributed by atoms with E-state index in [9.17, 15) is 4.79 Å². The summed E-state index contributed by atoms with van der Waals surface area (Å²) in [5.41, 5.74) is 2.82. The lowest BCUT2D eigenvalue weighted by atomic mass is 10.1. The number of para-hydroxylation sites is 2. The molecule has 26 heavy (non-hydrogen) atoms. The molecule has 0 fully saturated rings. The molecule has 0 heterocycles. The quantitative estimate of drug-likeness (QED) is 0.786. The minimum Gasteiger partial charge on any atom is -0.495 e. The Hall–Kier alpha value is -2.73. The van der Waals surface area contributed by atoms with Gasteiger partial charge >= 0.3 is 0 Å². The third-order valence-corrected chi connectivity index (χ3v) is 4.08. The number of anilines is 1. The number of nitrogens with zero attached hydrogens (tertiary/aromatic N) is 1. The molecule has 6 heteroatoms. The van der Waals surface area contributed by atoms with Crippen LogP contribution in [0.15, 0.2) is 36.4 Å². The van der Waals surface area contributed by atoms with Crippen LogP contribution in [0.25, 0.3) is 0 Å². The molecule has 0 saturated carbocycles. The number of benzene rings is 2. The third-order valence-electron chi connectivity index (χ3n) is 4.08. The average molecular weight is 358 g/mol. The van der Waals surface area contributed by atoms with Crippen molar-refractivity contribution in [1.29, 1.82) is 0 Å². The monoisotopic (exact) mass is 358 g/mol. The van der Waals surface area contributed by atoms with E-state index >= 15 is 0 Å². The minimum absolute atomic E-state index is 0.102. The van der Waals surface area contributed by atoms with Gasteiger partial charge in [-0.25, -0.2) is 0 Å². The van der Waals surface area contributed by atoms with Crippen molar-refractivity contribution in [3.8, 4) is 17.2 Å². The summed E-state index contributed by atoms with van der Waals surface area (Å²) in [5.74, 6) is 1.92. The largest absolute Gasteiger partial charge is 0.495 e. The lowest BCUT2D eigenvalue weighted by Gasteiger charge is -2.19. The maximum absolute atomic E-state index is 12.3. The fourth-order valence-electron chi connectivity index (χ4n) is 2.72. The fourth-order valence-corrected chi connectivity index (χ4v) is 2.72. The molecule has 0 aliphatic carbocycles. The molecule has 2 rings (SSSR count). The molecule has 0 bridgehead atoms. The highest BCUT2D eigenvalue weighted by molar-refractivity contribution is 5.93. The van der Waals surface area contributed by atoms with Gasteiger partial charge in [0.1, 0.15) is 5.75 Å². The molecule has 0 aromatic heterocycles. The van der Waals surface area contributed by atoms with Crippen LogP contribution in [0.1, 0.15) is 11.1 Å². The van der Waals surface area contributed by atoms with E-state index in [1.54, 1.807) is 21.3 Å². The number of carbonyl (C=O) groups is 1. The van der Waals surface area contributed by atoms with E-state index in [0.29, 0.717) is 29.5 Å². The van der Waals surface area contributed by atoms with Gasteiger partial charge in [0.2, 0.25) is 5.91 Å². The number of nitrogens with one attached hydrogen (secondary N) is 1. The zero-order valence-corrected chi connectivity index (χ0v) is 16.0. The van der Waals surface area contributed by atoms with Crippen LogP contribution in [0.5, 0.6) is 17.2 Å². The summed E-state index contributed by atoms with van der Waals surface area (Å²) in [6.07, 6.45) is 0. The van der Waals surface area contributed by atoms with E-state index in [-0.39, 0.29) is 12.5 Å². The Morgan fingerprint density at radius 2 is 1.62 bits per heavy atom. The molecule has 1 amide bonds. The second-order valence-corrected chi connectivity index (χ2v) is 6.05. The molecule has 0 aliphatic heterocycles. The first-order valence-electron chi connectivity index (χ1n) is 8.31. The van der Waals surface area contributed by atoms with Crippen LogP contribution in [-0.2, 0) is 11.3 Å². The second-order valence-electron chi connectivity index (χ2n) is 6.05.